The lowest BCUT2D eigenvalue weighted by atomic mass is 9.85. The summed E-state index contributed by atoms with van der Waals surface area (Å²) in [6.45, 7) is 2.27. The highest BCUT2D eigenvalue weighted by Crippen LogP contribution is 2.44. The molecular formula is C29H30N2O4. The Balaban J connectivity index is 1.32. The van der Waals surface area contributed by atoms with Gasteiger partial charge in [0, 0.05) is 30.2 Å². The van der Waals surface area contributed by atoms with E-state index in [1.807, 2.05) is 30.3 Å². The minimum absolute atomic E-state index is 0.00670. The number of aromatic nitrogens is 1. The summed E-state index contributed by atoms with van der Waals surface area (Å²) in [4.78, 5) is 2.53. The summed E-state index contributed by atoms with van der Waals surface area (Å²) in [5.74, 6) is 2.36. The van der Waals surface area contributed by atoms with E-state index < -0.39 is 0 Å². The lowest BCUT2D eigenvalue weighted by Gasteiger charge is -2.41. The Hall–Kier alpha value is -3.48. The van der Waals surface area contributed by atoms with E-state index in [-0.39, 0.29) is 12.8 Å². The first-order valence-corrected chi connectivity index (χ1v) is 12.1. The highest BCUT2D eigenvalue weighted by molar-refractivity contribution is 5.86. The van der Waals surface area contributed by atoms with Gasteiger partial charge in [-0.2, -0.15) is 0 Å². The Labute approximate surface area is 205 Å². The van der Waals surface area contributed by atoms with Crippen LogP contribution in [0.1, 0.15) is 34.0 Å². The fourth-order valence-corrected chi connectivity index (χ4v) is 5.77. The van der Waals surface area contributed by atoms with Crippen LogP contribution in [-0.2, 0) is 32.7 Å². The van der Waals surface area contributed by atoms with Crippen molar-refractivity contribution >= 4 is 10.9 Å². The molecule has 3 heterocycles. The van der Waals surface area contributed by atoms with Crippen LogP contribution in [0.25, 0.3) is 10.9 Å². The number of benzene rings is 3. The second-order valence-corrected chi connectivity index (χ2v) is 9.29. The van der Waals surface area contributed by atoms with Crippen molar-refractivity contribution in [1.82, 2.24) is 9.47 Å². The highest BCUT2D eigenvalue weighted by atomic mass is 16.5. The van der Waals surface area contributed by atoms with E-state index in [0.29, 0.717) is 6.61 Å². The van der Waals surface area contributed by atoms with Crippen LogP contribution in [0.4, 0.5) is 0 Å². The maximum atomic E-state index is 10.1. The molecule has 0 saturated carbocycles. The molecule has 0 amide bonds. The molecule has 0 spiro atoms. The number of aliphatic hydroxyl groups excluding tert-OH is 1. The van der Waals surface area contributed by atoms with Crippen LogP contribution in [0.5, 0.6) is 17.2 Å². The van der Waals surface area contributed by atoms with E-state index in [1.165, 1.54) is 27.8 Å². The van der Waals surface area contributed by atoms with Crippen LogP contribution < -0.4 is 14.2 Å². The normalized spacial score (nSPS) is 16.9. The Morgan fingerprint density at radius 1 is 0.971 bits per heavy atom. The van der Waals surface area contributed by atoms with Crippen molar-refractivity contribution in [2.75, 3.05) is 20.8 Å². The molecule has 2 aliphatic rings. The van der Waals surface area contributed by atoms with Gasteiger partial charge in [-0.3, -0.25) is 4.90 Å². The molecule has 3 aromatic carbocycles. The zero-order chi connectivity index (χ0) is 23.9. The monoisotopic (exact) mass is 470 g/mol. The Kier molecular flexibility index (Phi) is 5.63. The van der Waals surface area contributed by atoms with Crippen molar-refractivity contribution in [3.05, 3.63) is 88.6 Å². The standard InChI is InChI=1S/C29H30N2O4/c1-33-21-7-5-6-19(12-21)17-35-29-13-20-10-11-30-16-27-24(14-26(30)23(20)15-28(29)34-2)22-8-3-4-9-25(22)31(27)18-32/h3-9,12-13,15,26,32H,10-11,14,16-18H2,1-2H3. The van der Waals surface area contributed by atoms with Gasteiger partial charge in [0.2, 0.25) is 0 Å². The molecule has 1 atom stereocenters. The summed E-state index contributed by atoms with van der Waals surface area (Å²) < 4.78 is 19.4. The number of rotatable bonds is 6. The zero-order valence-electron chi connectivity index (χ0n) is 20.2. The van der Waals surface area contributed by atoms with Crippen LogP contribution in [-0.4, -0.2) is 35.3 Å². The first kappa shape index (κ1) is 22.0. The van der Waals surface area contributed by atoms with Gasteiger partial charge in [0.1, 0.15) is 19.1 Å². The molecule has 35 heavy (non-hydrogen) atoms. The lowest BCUT2D eigenvalue weighted by molar-refractivity contribution is 0.145. The number of ether oxygens (including phenoxy) is 3. The zero-order valence-corrected chi connectivity index (χ0v) is 20.2. The van der Waals surface area contributed by atoms with Gasteiger partial charge in [-0.25, -0.2) is 0 Å². The molecule has 0 fully saturated rings. The molecule has 0 radical (unpaired) electrons. The Bertz CT molecular complexity index is 1390. The molecule has 1 unspecified atom stereocenters. The molecule has 180 valence electrons. The molecule has 0 saturated heterocycles. The third-order valence-corrected chi connectivity index (χ3v) is 7.51. The molecule has 6 nitrogen and oxygen atoms in total. The summed E-state index contributed by atoms with van der Waals surface area (Å²) in [6.07, 6.45) is 1.88. The molecule has 6 heteroatoms. The van der Waals surface area contributed by atoms with Crippen LogP contribution in [0.3, 0.4) is 0 Å². The molecule has 1 N–H and O–H groups in total. The topological polar surface area (TPSA) is 56.1 Å². The van der Waals surface area contributed by atoms with Crippen molar-refractivity contribution < 1.29 is 19.3 Å². The van der Waals surface area contributed by atoms with Crippen molar-refractivity contribution in [2.45, 2.75) is 38.8 Å². The first-order valence-electron chi connectivity index (χ1n) is 12.1. The highest BCUT2D eigenvalue weighted by Gasteiger charge is 2.35. The number of methoxy groups -OCH3 is 2. The molecule has 4 aromatic rings. The molecule has 0 aliphatic carbocycles. The lowest BCUT2D eigenvalue weighted by Crippen LogP contribution is -2.39. The Morgan fingerprint density at radius 3 is 2.69 bits per heavy atom. The number of hydrogen-bond donors (Lipinski definition) is 1. The van der Waals surface area contributed by atoms with E-state index in [2.05, 4.69) is 39.8 Å². The summed E-state index contributed by atoms with van der Waals surface area (Å²) >= 11 is 0. The van der Waals surface area contributed by atoms with E-state index in [4.69, 9.17) is 14.2 Å². The van der Waals surface area contributed by atoms with Crippen molar-refractivity contribution in [3.63, 3.8) is 0 Å². The minimum Gasteiger partial charge on any atom is -0.497 e. The SMILES string of the molecule is COc1cccc(COc2cc3c(cc2OC)C2Cc4c(n(CO)c5ccccc45)CN2CC3)c1. The van der Waals surface area contributed by atoms with Gasteiger partial charge in [0.05, 0.1) is 19.7 Å². The third kappa shape index (κ3) is 3.74. The van der Waals surface area contributed by atoms with Crippen molar-refractivity contribution in [1.29, 1.82) is 0 Å². The van der Waals surface area contributed by atoms with Crippen LogP contribution in [0.2, 0.25) is 0 Å². The van der Waals surface area contributed by atoms with E-state index in [9.17, 15) is 5.11 Å². The van der Waals surface area contributed by atoms with E-state index >= 15 is 0 Å². The number of nitrogens with zero attached hydrogens (tertiary/aromatic N) is 2. The largest absolute Gasteiger partial charge is 0.497 e. The minimum atomic E-state index is 0.00670. The molecular weight excluding hydrogens is 440 g/mol. The van der Waals surface area contributed by atoms with Crippen LogP contribution >= 0.6 is 0 Å². The average molecular weight is 471 g/mol. The third-order valence-electron chi connectivity index (χ3n) is 7.51. The molecule has 2 aliphatic heterocycles. The molecule has 0 bridgehead atoms. The van der Waals surface area contributed by atoms with Gasteiger partial charge < -0.3 is 23.9 Å². The van der Waals surface area contributed by atoms with Gasteiger partial charge >= 0.3 is 0 Å². The fourth-order valence-electron chi connectivity index (χ4n) is 5.77. The van der Waals surface area contributed by atoms with Crippen LogP contribution in [0, 0.1) is 0 Å². The number of hydrogen-bond acceptors (Lipinski definition) is 5. The number of fused-ring (bicyclic) bond motifs is 6. The van der Waals surface area contributed by atoms with E-state index in [1.54, 1.807) is 14.2 Å². The maximum absolute atomic E-state index is 10.1. The van der Waals surface area contributed by atoms with Crippen molar-refractivity contribution in [3.8, 4) is 17.2 Å². The summed E-state index contributed by atoms with van der Waals surface area (Å²) in [7, 11) is 3.38. The predicted octanol–water partition coefficient (Wildman–Crippen LogP) is 4.84. The van der Waals surface area contributed by atoms with Gasteiger partial charge in [-0.05, 0) is 65.4 Å². The molecule has 6 rings (SSSR count). The smallest absolute Gasteiger partial charge is 0.161 e. The summed E-state index contributed by atoms with van der Waals surface area (Å²) in [5.41, 5.74) is 7.38. The van der Waals surface area contributed by atoms with Gasteiger partial charge in [0.15, 0.2) is 11.5 Å². The van der Waals surface area contributed by atoms with Crippen molar-refractivity contribution in [2.24, 2.45) is 0 Å². The maximum Gasteiger partial charge on any atom is 0.161 e. The fraction of sp³-hybridized carbons (Fsp3) is 0.310. The second kappa shape index (κ2) is 8.95. The Morgan fingerprint density at radius 2 is 1.86 bits per heavy atom. The summed E-state index contributed by atoms with van der Waals surface area (Å²) in [6, 6.07) is 21.0. The predicted molar refractivity (Wildman–Crippen MR) is 135 cm³/mol. The first-order chi connectivity index (χ1) is 17.2. The number of para-hydroxylation sites is 1. The van der Waals surface area contributed by atoms with E-state index in [0.717, 1.165) is 54.3 Å². The van der Waals surface area contributed by atoms with Gasteiger partial charge in [0.25, 0.3) is 0 Å². The quantitative estimate of drug-likeness (QED) is 0.437. The second-order valence-electron chi connectivity index (χ2n) is 9.29. The molecule has 1 aromatic heterocycles. The van der Waals surface area contributed by atoms with Gasteiger partial charge in [-0.1, -0.05) is 30.3 Å². The summed E-state index contributed by atoms with van der Waals surface area (Å²) in [5, 5.41) is 11.3. The van der Waals surface area contributed by atoms with Crippen LogP contribution in [0.15, 0.2) is 60.7 Å². The average Bonchev–Trinajstić information content (AvgIpc) is 3.22. The number of aliphatic hydroxyl groups is 1. The van der Waals surface area contributed by atoms with Gasteiger partial charge in [-0.15, -0.1) is 0 Å².